The van der Waals surface area contributed by atoms with Gasteiger partial charge in [0.15, 0.2) is 0 Å². The van der Waals surface area contributed by atoms with E-state index in [1.165, 1.54) is 6.07 Å². The number of hydrogen-bond acceptors (Lipinski definition) is 2. The third kappa shape index (κ3) is 5.57. The standard InChI is InChI=1S/C14H21FN2O.ClH/c1-9(2)6-12(8-16)17-14(18)11-5-4-10(3)13(15)7-11;/h4-5,7,9,12H,6,8,16H2,1-3H3,(H,17,18);1H. The first kappa shape index (κ1) is 17.9. The number of rotatable bonds is 5. The van der Waals surface area contributed by atoms with Crippen LogP contribution in [0.3, 0.4) is 0 Å². The van der Waals surface area contributed by atoms with Crippen molar-refractivity contribution in [1.29, 1.82) is 0 Å². The lowest BCUT2D eigenvalue weighted by atomic mass is 10.0. The molecule has 3 nitrogen and oxygen atoms in total. The van der Waals surface area contributed by atoms with Crippen LogP contribution in [0.4, 0.5) is 4.39 Å². The first-order valence-corrected chi connectivity index (χ1v) is 6.21. The molecular weight excluding hydrogens is 267 g/mol. The van der Waals surface area contributed by atoms with Gasteiger partial charge < -0.3 is 11.1 Å². The molecule has 19 heavy (non-hydrogen) atoms. The van der Waals surface area contributed by atoms with E-state index in [0.717, 1.165) is 6.42 Å². The molecule has 0 aliphatic carbocycles. The Labute approximate surface area is 120 Å². The third-order valence-electron chi connectivity index (χ3n) is 2.81. The molecule has 0 bridgehead atoms. The van der Waals surface area contributed by atoms with Gasteiger partial charge >= 0.3 is 0 Å². The van der Waals surface area contributed by atoms with Crippen molar-refractivity contribution in [3.8, 4) is 0 Å². The number of amides is 1. The van der Waals surface area contributed by atoms with Crippen molar-refractivity contribution in [2.45, 2.75) is 33.2 Å². The summed E-state index contributed by atoms with van der Waals surface area (Å²) < 4.78 is 13.4. The van der Waals surface area contributed by atoms with Crippen LogP contribution < -0.4 is 11.1 Å². The van der Waals surface area contributed by atoms with Crippen molar-refractivity contribution in [3.63, 3.8) is 0 Å². The highest BCUT2D eigenvalue weighted by Gasteiger charge is 2.14. The molecule has 3 N–H and O–H groups in total. The average Bonchev–Trinajstić information content (AvgIpc) is 2.31. The molecule has 0 saturated heterocycles. The maximum Gasteiger partial charge on any atom is 0.251 e. The van der Waals surface area contributed by atoms with E-state index in [9.17, 15) is 9.18 Å². The maximum absolute atomic E-state index is 13.4. The minimum atomic E-state index is -0.365. The summed E-state index contributed by atoms with van der Waals surface area (Å²) in [6.07, 6.45) is 0.816. The number of halogens is 2. The number of hydrogen-bond donors (Lipinski definition) is 2. The number of aryl methyl sites for hydroxylation is 1. The molecule has 1 rings (SSSR count). The topological polar surface area (TPSA) is 55.1 Å². The molecular formula is C14H22ClFN2O. The Bertz CT molecular complexity index is 424. The predicted octanol–water partition coefficient (Wildman–Crippen LogP) is 2.66. The molecule has 1 atom stereocenters. The van der Waals surface area contributed by atoms with Crippen LogP contribution in [0.15, 0.2) is 18.2 Å². The van der Waals surface area contributed by atoms with Crippen LogP contribution >= 0.6 is 12.4 Å². The first-order valence-electron chi connectivity index (χ1n) is 6.21. The van der Waals surface area contributed by atoms with Gasteiger partial charge in [0.05, 0.1) is 0 Å². The third-order valence-corrected chi connectivity index (χ3v) is 2.81. The van der Waals surface area contributed by atoms with E-state index in [1.54, 1.807) is 19.1 Å². The van der Waals surface area contributed by atoms with E-state index in [1.807, 2.05) is 0 Å². The molecule has 0 heterocycles. The molecule has 0 aliphatic heterocycles. The Kier molecular flexibility index (Phi) is 7.64. The largest absolute Gasteiger partial charge is 0.348 e. The number of nitrogens with one attached hydrogen (secondary N) is 1. The van der Waals surface area contributed by atoms with Gasteiger partial charge in [-0.1, -0.05) is 19.9 Å². The molecule has 0 saturated carbocycles. The molecule has 108 valence electrons. The Morgan fingerprint density at radius 3 is 2.53 bits per heavy atom. The van der Waals surface area contributed by atoms with Gasteiger partial charge in [0.2, 0.25) is 0 Å². The average molecular weight is 289 g/mol. The zero-order valence-electron chi connectivity index (χ0n) is 11.6. The monoisotopic (exact) mass is 288 g/mol. The van der Waals surface area contributed by atoms with Crippen LogP contribution in [0.5, 0.6) is 0 Å². The molecule has 5 heteroatoms. The van der Waals surface area contributed by atoms with E-state index in [0.29, 0.717) is 23.6 Å². The summed E-state index contributed by atoms with van der Waals surface area (Å²) in [5.41, 5.74) is 6.48. The van der Waals surface area contributed by atoms with Crippen LogP contribution in [0.25, 0.3) is 0 Å². The summed E-state index contributed by atoms with van der Waals surface area (Å²) in [5, 5.41) is 2.83. The fourth-order valence-electron chi connectivity index (χ4n) is 1.79. The van der Waals surface area contributed by atoms with Gasteiger partial charge in [-0.05, 0) is 37.0 Å². The summed E-state index contributed by atoms with van der Waals surface area (Å²) in [4.78, 5) is 11.9. The van der Waals surface area contributed by atoms with Crippen LogP contribution in [-0.2, 0) is 0 Å². The predicted molar refractivity (Wildman–Crippen MR) is 78.1 cm³/mol. The Balaban J connectivity index is 0.00000324. The quantitative estimate of drug-likeness (QED) is 0.875. The van der Waals surface area contributed by atoms with Crippen molar-refractivity contribution < 1.29 is 9.18 Å². The highest BCUT2D eigenvalue weighted by atomic mass is 35.5. The Morgan fingerprint density at radius 2 is 2.05 bits per heavy atom. The van der Waals surface area contributed by atoms with Crippen molar-refractivity contribution >= 4 is 18.3 Å². The Morgan fingerprint density at radius 1 is 1.42 bits per heavy atom. The van der Waals surface area contributed by atoms with E-state index in [-0.39, 0.29) is 30.2 Å². The SMILES string of the molecule is Cc1ccc(C(=O)NC(CN)CC(C)C)cc1F.Cl. The fourth-order valence-corrected chi connectivity index (χ4v) is 1.79. The van der Waals surface area contributed by atoms with Gasteiger partial charge in [0.25, 0.3) is 5.91 Å². The fraction of sp³-hybridized carbons (Fsp3) is 0.500. The number of carbonyl (C=O) groups is 1. The minimum Gasteiger partial charge on any atom is -0.348 e. The highest BCUT2D eigenvalue weighted by Crippen LogP contribution is 2.10. The molecule has 1 aromatic carbocycles. The second-order valence-electron chi connectivity index (χ2n) is 5.00. The van der Waals surface area contributed by atoms with Crippen molar-refractivity contribution in [1.82, 2.24) is 5.32 Å². The number of carbonyl (C=O) groups excluding carboxylic acids is 1. The molecule has 1 amide bonds. The lowest BCUT2D eigenvalue weighted by Gasteiger charge is -2.18. The smallest absolute Gasteiger partial charge is 0.251 e. The number of benzene rings is 1. The van der Waals surface area contributed by atoms with E-state index in [4.69, 9.17) is 5.73 Å². The lowest BCUT2D eigenvalue weighted by molar-refractivity contribution is 0.0933. The summed E-state index contributed by atoms with van der Waals surface area (Å²) in [6, 6.07) is 4.41. The molecule has 0 spiro atoms. The maximum atomic E-state index is 13.4. The lowest BCUT2D eigenvalue weighted by Crippen LogP contribution is -2.41. The second kappa shape index (κ2) is 8.12. The zero-order valence-corrected chi connectivity index (χ0v) is 12.4. The molecule has 0 aliphatic rings. The zero-order chi connectivity index (χ0) is 13.7. The number of nitrogens with two attached hydrogens (primary N) is 1. The van der Waals surface area contributed by atoms with Gasteiger partial charge in [-0.15, -0.1) is 12.4 Å². The molecule has 0 fully saturated rings. The molecule has 0 radical (unpaired) electrons. The first-order chi connectivity index (χ1) is 8.43. The van der Waals surface area contributed by atoms with Crippen LogP contribution in [-0.4, -0.2) is 18.5 Å². The van der Waals surface area contributed by atoms with E-state index in [2.05, 4.69) is 19.2 Å². The van der Waals surface area contributed by atoms with Crippen LogP contribution in [0.2, 0.25) is 0 Å². The van der Waals surface area contributed by atoms with Crippen molar-refractivity contribution in [3.05, 3.63) is 35.1 Å². The minimum absolute atomic E-state index is 0. The summed E-state index contributed by atoms with van der Waals surface area (Å²) in [6.45, 7) is 6.19. The summed E-state index contributed by atoms with van der Waals surface area (Å²) in [7, 11) is 0. The normalized spacial score (nSPS) is 11.9. The van der Waals surface area contributed by atoms with Gasteiger partial charge in [-0.3, -0.25) is 4.79 Å². The summed E-state index contributed by atoms with van der Waals surface area (Å²) >= 11 is 0. The van der Waals surface area contributed by atoms with Gasteiger partial charge in [0, 0.05) is 18.2 Å². The molecule has 1 aromatic rings. The molecule has 0 aromatic heterocycles. The Hall–Kier alpha value is -1.13. The van der Waals surface area contributed by atoms with Crippen LogP contribution in [0, 0.1) is 18.7 Å². The second-order valence-corrected chi connectivity index (χ2v) is 5.00. The van der Waals surface area contributed by atoms with Crippen LogP contribution in [0.1, 0.15) is 36.2 Å². The van der Waals surface area contributed by atoms with Crippen molar-refractivity contribution in [2.75, 3.05) is 6.54 Å². The van der Waals surface area contributed by atoms with Gasteiger partial charge in [-0.25, -0.2) is 4.39 Å². The van der Waals surface area contributed by atoms with E-state index < -0.39 is 0 Å². The molecule has 1 unspecified atom stereocenters. The van der Waals surface area contributed by atoms with Gasteiger partial charge in [0.1, 0.15) is 5.82 Å². The van der Waals surface area contributed by atoms with Gasteiger partial charge in [-0.2, -0.15) is 0 Å². The van der Waals surface area contributed by atoms with Crippen molar-refractivity contribution in [2.24, 2.45) is 11.7 Å². The highest BCUT2D eigenvalue weighted by molar-refractivity contribution is 5.94. The van der Waals surface area contributed by atoms with E-state index >= 15 is 0 Å². The summed E-state index contributed by atoms with van der Waals surface area (Å²) in [5.74, 6) is -0.186.